The van der Waals surface area contributed by atoms with E-state index in [0.29, 0.717) is 24.5 Å². The zero-order valence-corrected chi connectivity index (χ0v) is 16.4. The van der Waals surface area contributed by atoms with Crippen LogP contribution in [-0.2, 0) is 12.4 Å². The molecule has 0 radical (unpaired) electrons. The topological polar surface area (TPSA) is 62.5 Å². The van der Waals surface area contributed by atoms with Gasteiger partial charge in [0.2, 0.25) is 5.95 Å². The van der Waals surface area contributed by atoms with Crippen LogP contribution in [0.5, 0.6) is 0 Å². The molecule has 3 aromatic rings. The number of rotatable bonds is 3. The number of hydrogen-bond acceptors (Lipinski definition) is 4. The lowest BCUT2D eigenvalue weighted by molar-refractivity contribution is -0.142. The molecule has 1 aliphatic carbocycles. The highest BCUT2D eigenvalue weighted by Gasteiger charge is 2.40. The lowest BCUT2D eigenvalue weighted by Gasteiger charge is -2.41. The third kappa shape index (κ3) is 4.06. The first kappa shape index (κ1) is 21.4. The maximum atomic E-state index is 13.6. The predicted molar refractivity (Wildman–Crippen MR) is 100 cm³/mol. The highest BCUT2D eigenvalue weighted by molar-refractivity contribution is 5.81. The van der Waals surface area contributed by atoms with E-state index in [1.165, 1.54) is 4.40 Å². The van der Waals surface area contributed by atoms with Crippen LogP contribution in [0.3, 0.4) is 0 Å². The predicted octanol–water partition coefficient (Wildman–Crippen LogP) is 5.07. The van der Waals surface area contributed by atoms with Crippen molar-refractivity contribution in [1.82, 2.24) is 14.6 Å². The molecule has 1 fully saturated rings. The number of alkyl halides is 6. The van der Waals surface area contributed by atoms with Gasteiger partial charge >= 0.3 is 12.4 Å². The van der Waals surface area contributed by atoms with Crippen molar-refractivity contribution < 1.29 is 31.4 Å². The van der Waals surface area contributed by atoms with Gasteiger partial charge < -0.3 is 10.4 Å². The van der Waals surface area contributed by atoms with E-state index in [1.54, 1.807) is 26.1 Å². The van der Waals surface area contributed by atoms with E-state index in [1.807, 2.05) is 0 Å². The number of nitrogens with one attached hydrogen (secondary N) is 1. The van der Waals surface area contributed by atoms with Crippen molar-refractivity contribution in [1.29, 1.82) is 0 Å². The molecule has 1 aromatic carbocycles. The number of halogens is 6. The maximum Gasteiger partial charge on any atom is 0.417 e. The van der Waals surface area contributed by atoms with Crippen LogP contribution in [0.4, 0.5) is 32.3 Å². The number of fused-ring (bicyclic) bond motifs is 1. The lowest BCUT2D eigenvalue weighted by atomic mass is 9.77. The largest absolute Gasteiger partial charge is 0.417 e. The molecule has 166 valence electrons. The van der Waals surface area contributed by atoms with E-state index in [-0.39, 0.29) is 29.3 Å². The minimum atomic E-state index is -5.02. The summed E-state index contributed by atoms with van der Waals surface area (Å²) in [6, 6.07) is 2.96. The van der Waals surface area contributed by atoms with Crippen LogP contribution in [-0.4, -0.2) is 31.3 Å². The highest BCUT2D eigenvalue weighted by Crippen LogP contribution is 2.42. The van der Waals surface area contributed by atoms with Crippen LogP contribution in [0.25, 0.3) is 16.8 Å². The van der Waals surface area contributed by atoms with Crippen LogP contribution >= 0.6 is 0 Å². The number of nitrogens with zero attached hydrogens (tertiary/aromatic N) is 3. The summed E-state index contributed by atoms with van der Waals surface area (Å²) in [5.74, 6) is 0.271. The Bertz CT molecular complexity index is 1140. The summed E-state index contributed by atoms with van der Waals surface area (Å²) in [6.07, 6.45) is -7.36. The normalized spacial score (nSPS) is 21.9. The molecule has 0 atom stereocenters. The van der Waals surface area contributed by atoms with Crippen molar-refractivity contribution >= 4 is 11.5 Å². The molecule has 0 spiro atoms. The Labute approximate surface area is 172 Å². The van der Waals surface area contributed by atoms with Gasteiger partial charge in [0.15, 0.2) is 0 Å². The van der Waals surface area contributed by atoms with Gasteiger partial charge in [-0.3, -0.25) is 4.40 Å². The number of aryl methyl sites for hydroxylation is 1. The first-order chi connectivity index (χ1) is 14.2. The van der Waals surface area contributed by atoms with Crippen molar-refractivity contribution in [3.8, 4) is 11.3 Å². The van der Waals surface area contributed by atoms with Gasteiger partial charge in [0, 0.05) is 17.8 Å². The van der Waals surface area contributed by atoms with Crippen molar-refractivity contribution in [2.75, 3.05) is 5.32 Å². The molecule has 2 aromatic heterocycles. The van der Waals surface area contributed by atoms with Gasteiger partial charge in [-0.1, -0.05) is 6.07 Å². The SMILES string of the molecule is Cc1cc2c(-c3ccc(C(F)(F)F)cc3C(F)(F)F)nnc(NC3CC(C)(O)C3)n2c1. The van der Waals surface area contributed by atoms with E-state index in [0.717, 1.165) is 6.07 Å². The second-order valence-corrected chi connectivity index (χ2v) is 8.15. The molecule has 2 N–H and O–H groups in total. The number of benzene rings is 1. The van der Waals surface area contributed by atoms with E-state index in [9.17, 15) is 31.4 Å². The fourth-order valence-electron chi connectivity index (χ4n) is 3.89. The second-order valence-electron chi connectivity index (χ2n) is 8.15. The molecule has 0 saturated heterocycles. The summed E-state index contributed by atoms with van der Waals surface area (Å²) in [4.78, 5) is 0. The van der Waals surface area contributed by atoms with Crippen molar-refractivity contribution in [2.45, 2.75) is 50.7 Å². The quantitative estimate of drug-likeness (QED) is 0.554. The average molecular weight is 444 g/mol. The molecule has 0 unspecified atom stereocenters. The van der Waals surface area contributed by atoms with Crippen LogP contribution in [0.15, 0.2) is 30.5 Å². The van der Waals surface area contributed by atoms with Crippen molar-refractivity contribution in [2.24, 2.45) is 0 Å². The number of aromatic nitrogens is 3. The summed E-state index contributed by atoms with van der Waals surface area (Å²) >= 11 is 0. The highest BCUT2D eigenvalue weighted by atomic mass is 19.4. The van der Waals surface area contributed by atoms with Crippen LogP contribution < -0.4 is 5.32 Å². The fourth-order valence-corrected chi connectivity index (χ4v) is 3.89. The van der Waals surface area contributed by atoms with E-state index in [4.69, 9.17) is 0 Å². The van der Waals surface area contributed by atoms with Gasteiger partial charge in [-0.15, -0.1) is 10.2 Å². The summed E-state index contributed by atoms with van der Waals surface area (Å²) in [7, 11) is 0. The molecular weight excluding hydrogens is 426 g/mol. The Morgan fingerprint density at radius 3 is 2.32 bits per heavy atom. The second kappa shape index (κ2) is 6.84. The Morgan fingerprint density at radius 2 is 1.74 bits per heavy atom. The van der Waals surface area contributed by atoms with Gasteiger partial charge in [0.25, 0.3) is 0 Å². The Hall–Kier alpha value is -2.82. The van der Waals surface area contributed by atoms with Gasteiger partial charge in [-0.05, 0) is 50.5 Å². The third-order valence-corrected chi connectivity index (χ3v) is 5.29. The van der Waals surface area contributed by atoms with Gasteiger partial charge in [0.05, 0.1) is 22.2 Å². The molecule has 11 heteroatoms. The zero-order valence-electron chi connectivity index (χ0n) is 16.4. The smallest absolute Gasteiger partial charge is 0.390 e. The molecule has 0 amide bonds. The Kier molecular flexibility index (Phi) is 4.73. The standard InChI is InChI=1S/C20H18F6N4O/c1-10-5-15-16(13-4-3-11(19(21,22)23)6-14(13)20(24,25)26)28-29-17(30(15)9-10)27-12-7-18(2,31)8-12/h3-6,9,12,31H,7-8H2,1-2H3,(H,27,29). The van der Waals surface area contributed by atoms with Gasteiger partial charge in [-0.25, -0.2) is 0 Å². The average Bonchev–Trinajstić information content (AvgIpc) is 3.00. The van der Waals surface area contributed by atoms with E-state index < -0.39 is 34.6 Å². The molecule has 1 saturated carbocycles. The number of hydrogen-bond donors (Lipinski definition) is 2. The first-order valence-electron chi connectivity index (χ1n) is 9.38. The molecule has 5 nitrogen and oxygen atoms in total. The minimum Gasteiger partial charge on any atom is -0.390 e. The Morgan fingerprint density at radius 1 is 1.06 bits per heavy atom. The lowest BCUT2D eigenvalue weighted by Crippen LogP contribution is -2.48. The summed E-state index contributed by atoms with van der Waals surface area (Å²) < 4.78 is 81.4. The molecule has 0 bridgehead atoms. The number of aliphatic hydroxyl groups is 1. The Balaban J connectivity index is 1.83. The monoisotopic (exact) mass is 444 g/mol. The minimum absolute atomic E-state index is 0.0853. The number of anilines is 1. The fraction of sp³-hybridized carbons (Fsp3) is 0.400. The molecule has 31 heavy (non-hydrogen) atoms. The van der Waals surface area contributed by atoms with E-state index in [2.05, 4.69) is 15.5 Å². The van der Waals surface area contributed by atoms with Crippen LogP contribution in [0.2, 0.25) is 0 Å². The zero-order chi connectivity index (χ0) is 22.8. The van der Waals surface area contributed by atoms with Crippen molar-refractivity contribution in [3.05, 3.63) is 47.2 Å². The molecule has 0 aliphatic heterocycles. The summed E-state index contributed by atoms with van der Waals surface area (Å²) in [6.45, 7) is 3.42. The molecule has 1 aliphatic rings. The van der Waals surface area contributed by atoms with Gasteiger partial charge in [0.1, 0.15) is 5.69 Å². The summed E-state index contributed by atoms with van der Waals surface area (Å²) in [5, 5.41) is 20.9. The molecule has 4 rings (SSSR count). The van der Waals surface area contributed by atoms with Crippen molar-refractivity contribution in [3.63, 3.8) is 0 Å². The van der Waals surface area contributed by atoms with E-state index >= 15 is 0 Å². The van der Waals surface area contributed by atoms with Crippen LogP contribution in [0.1, 0.15) is 36.5 Å². The van der Waals surface area contributed by atoms with Crippen LogP contribution in [0, 0.1) is 6.92 Å². The first-order valence-corrected chi connectivity index (χ1v) is 9.38. The third-order valence-electron chi connectivity index (χ3n) is 5.29. The maximum absolute atomic E-state index is 13.6. The van der Waals surface area contributed by atoms with Gasteiger partial charge in [-0.2, -0.15) is 26.3 Å². The molecule has 2 heterocycles. The molecular formula is C20H18F6N4O. The summed E-state index contributed by atoms with van der Waals surface area (Å²) in [5.41, 5.74) is -3.32.